The van der Waals surface area contributed by atoms with Crippen LogP contribution in [0.3, 0.4) is 0 Å². The predicted octanol–water partition coefficient (Wildman–Crippen LogP) is 3.68. The van der Waals surface area contributed by atoms with E-state index in [0.29, 0.717) is 0 Å². The molecule has 1 aromatic carbocycles. The van der Waals surface area contributed by atoms with E-state index in [2.05, 4.69) is 30.7 Å². The summed E-state index contributed by atoms with van der Waals surface area (Å²) in [5.74, 6) is 0.588. The van der Waals surface area contributed by atoms with Gasteiger partial charge in [-0.2, -0.15) is 0 Å². The first-order chi connectivity index (χ1) is 10.3. The smallest absolute Gasteiger partial charge is 0.134 e. The maximum absolute atomic E-state index is 13.1. The summed E-state index contributed by atoms with van der Waals surface area (Å²) in [5, 5.41) is 0. The Morgan fingerprint density at radius 2 is 1.68 bits per heavy atom. The Bertz CT molecular complexity index is 628. The van der Waals surface area contributed by atoms with Crippen molar-refractivity contribution >= 4 is 0 Å². The highest BCUT2D eigenvalue weighted by atomic mass is 19.1. The maximum Gasteiger partial charge on any atom is 0.134 e. The summed E-state index contributed by atoms with van der Waals surface area (Å²) in [4.78, 5) is 11.5. The Balaban J connectivity index is 2.43. The second-order valence-corrected chi connectivity index (χ2v) is 6.88. The number of benzene rings is 1. The molecular formula is C18H24FN3. The van der Waals surface area contributed by atoms with Crippen molar-refractivity contribution in [2.24, 2.45) is 0 Å². The van der Waals surface area contributed by atoms with Crippen LogP contribution in [0.4, 0.5) is 4.39 Å². The van der Waals surface area contributed by atoms with Crippen molar-refractivity contribution < 1.29 is 4.39 Å². The second kappa shape index (κ2) is 6.53. The Labute approximate surface area is 132 Å². The van der Waals surface area contributed by atoms with Crippen LogP contribution in [0.5, 0.6) is 0 Å². The van der Waals surface area contributed by atoms with Crippen LogP contribution in [0.1, 0.15) is 32.3 Å². The topological polar surface area (TPSA) is 29.0 Å². The first-order valence-electron chi connectivity index (χ1n) is 7.55. The van der Waals surface area contributed by atoms with Crippen molar-refractivity contribution in [2.75, 3.05) is 20.6 Å². The molecule has 118 valence electrons. The van der Waals surface area contributed by atoms with Gasteiger partial charge in [0.15, 0.2) is 0 Å². The molecule has 0 spiro atoms. The minimum absolute atomic E-state index is 0.122. The Hall–Kier alpha value is -1.81. The molecule has 0 radical (unpaired) electrons. The van der Waals surface area contributed by atoms with E-state index < -0.39 is 0 Å². The van der Waals surface area contributed by atoms with E-state index >= 15 is 0 Å². The third kappa shape index (κ3) is 4.34. The van der Waals surface area contributed by atoms with E-state index in [1.807, 2.05) is 20.2 Å². The monoisotopic (exact) mass is 301 g/mol. The quantitative estimate of drug-likeness (QED) is 0.862. The van der Waals surface area contributed by atoms with Crippen molar-refractivity contribution in [3.05, 3.63) is 47.7 Å². The van der Waals surface area contributed by atoms with Crippen LogP contribution in [0.2, 0.25) is 0 Å². The number of hydrogen-bond acceptors (Lipinski definition) is 3. The molecule has 4 heteroatoms. The predicted molar refractivity (Wildman–Crippen MR) is 88.4 cm³/mol. The highest BCUT2D eigenvalue weighted by molar-refractivity contribution is 5.59. The SMILES string of the molecule is CN(C)CCc1cc(-c2ccc(F)cc2)nc(C(C)(C)C)n1. The van der Waals surface area contributed by atoms with Crippen LogP contribution >= 0.6 is 0 Å². The lowest BCUT2D eigenvalue weighted by Gasteiger charge is -2.19. The van der Waals surface area contributed by atoms with Crippen molar-refractivity contribution in [3.8, 4) is 11.3 Å². The normalized spacial score (nSPS) is 12.0. The van der Waals surface area contributed by atoms with E-state index in [1.165, 1.54) is 12.1 Å². The van der Waals surface area contributed by atoms with Crippen molar-refractivity contribution in [3.63, 3.8) is 0 Å². The lowest BCUT2D eigenvalue weighted by atomic mass is 9.95. The molecule has 2 rings (SSSR count). The van der Waals surface area contributed by atoms with Gasteiger partial charge in [-0.3, -0.25) is 0 Å². The first-order valence-corrected chi connectivity index (χ1v) is 7.55. The molecule has 2 aromatic rings. The van der Waals surface area contributed by atoms with E-state index in [-0.39, 0.29) is 11.2 Å². The summed E-state index contributed by atoms with van der Waals surface area (Å²) in [6.07, 6.45) is 0.868. The Morgan fingerprint density at radius 1 is 1.05 bits per heavy atom. The number of likely N-dealkylation sites (N-methyl/N-ethyl adjacent to an activating group) is 1. The molecule has 1 heterocycles. The third-order valence-electron chi connectivity index (χ3n) is 3.41. The van der Waals surface area contributed by atoms with Crippen LogP contribution in [0.25, 0.3) is 11.3 Å². The minimum Gasteiger partial charge on any atom is -0.309 e. The zero-order chi connectivity index (χ0) is 16.3. The maximum atomic E-state index is 13.1. The van der Waals surface area contributed by atoms with E-state index in [4.69, 9.17) is 4.98 Å². The molecule has 0 saturated carbocycles. The molecule has 0 aliphatic carbocycles. The molecule has 22 heavy (non-hydrogen) atoms. The molecule has 0 N–H and O–H groups in total. The van der Waals surface area contributed by atoms with Gasteiger partial charge in [-0.25, -0.2) is 14.4 Å². The van der Waals surface area contributed by atoms with Gasteiger partial charge in [-0.15, -0.1) is 0 Å². The molecule has 0 amide bonds. The average molecular weight is 301 g/mol. The van der Waals surface area contributed by atoms with Gasteiger partial charge in [-0.1, -0.05) is 20.8 Å². The molecular weight excluding hydrogens is 277 g/mol. The molecule has 0 bridgehead atoms. The van der Waals surface area contributed by atoms with Crippen LogP contribution in [-0.4, -0.2) is 35.5 Å². The molecule has 0 saturated heterocycles. The van der Waals surface area contributed by atoms with Crippen molar-refractivity contribution in [2.45, 2.75) is 32.6 Å². The van der Waals surface area contributed by atoms with Crippen LogP contribution in [0, 0.1) is 5.82 Å². The van der Waals surface area contributed by atoms with Gasteiger partial charge in [0.1, 0.15) is 11.6 Å². The number of nitrogens with zero attached hydrogens (tertiary/aromatic N) is 3. The summed E-state index contributed by atoms with van der Waals surface area (Å²) < 4.78 is 13.1. The lowest BCUT2D eigenvalue weighted by Crippen LogP contribution is -2.20. The molecule has 0 aliphatic heterocycles. The minimum atomic E-state index is -0.235. The molecule has 0 fully saturated rings. The number of halogens is 1. The first kappa shape index (κ1) is 16.6. The summed E-state index contributed by atoms with van der Waals surface area (Å²) in [7, 11) is 4.10. The molecule has 0 aliphatic rings. The summed E-state index contributed by atoms with van der Waals surface area (Å²) in [5.41, 5.74) is 2.67. The fourth-order valence-corrected chi connectivity index (χ4v) is 2.07. The number of rotatable bonds is 4. The van der Waals surface area contributed by atoms with Gasteiger partial charge >= 0.3 is 0 Å². The van der Waals surface area contributed by atoms with Crippen molar-refractivity contribution in [1.29, 1.82) is 0 Å². The van der Waals surface area contributed by atoms with Gasteiger partial charge < -0.3 is 4.90 Å². The van der Waals surface area contributed by atoms with Crippen LogP contribution in [0.15, 0.2) is 30.3 Å². The van der Waals surface area contributed by atoms with Crippen LogP contribution < -0.4 is 0 Å². The number of aromatic nitrogens is 2. The van der Waals surface area contributed by atoms with Crippen molar-refractivity contribution in [1.82, 2.24) is 14.9 Å². The Kier molecular flexibility index (Phi) is 4.91. The number of hydrogen-bond donors (Lipinski definition) is 0. The molecule has 0 atom stereocenters. The summed E-state index contributed by atoms with van der Waals surface area (Å²) in [6, 6.07) is 8.47. The molecule has 0 unspecified atom stereocenters. The molecule has 1 aromatic heterocycles. The van der Waals surface area contributed by atoms with E-state index in [0.717, 1.165) is 35.7 Å². The van der Waals surface area contributed by atoms with E-state index in [1.54, 1.807) is 12.1 Å². The molecule has 3 nitrogen and oxygen atoms in total. The summed E-state index contributed by atoms with van der Waals surface area (Å²) in [6.45, 7) is 7.24. The average Bonchev–Trinajstić information content (AvgIpc) is 2.44. The standard InChI is InChI=1S/C18H24FN3/c1-18(2,3)17-20-15(10-11-22(4)5)12-16(21-17)13-6-8-14(19)9-7-13/h6-9,12H,10-11H2,1-5H3. The largest absolute Gasteiger partial charge is 0.309 e. The van der Waals surface area contributed by atoms with Gasteiger partial charge in [0, 0.05) is 29.6 Å². The fraction of sp³-hybridized carbons (Fsp3) is 0.444. The van der Waals surface area contributed by atoms with Gasteiger partial charge in [-0.05, 0) is 44.4 Å². The highest BCUT2D eigenvalue weighted by Crippen LogP contribution is 2.24. The second-order valence-electron chi connectivity index (χ2n) is 6.88. The zero-order valence-electron chi connectivity index (χ0n) is 14.0. The van der Waals surface area contributed by atoms with Gasteiger partial charge in [0.25, 0.3) is 0 Å². The fourth-order valence-electron chi connectivity index (χ4n) is 2.07. The van der Waals surface area contributed by atoms with Gasteiger partial charge in [0.05, 0.1) is 5.69 Å². The lowest BCUT2D eigenvalue weighted by molar-refractivity contribution is 0.410. The van der Waals surface area contributed by atoms with E-state index in [9.17, 15) is 4.39 Å². The zero-order valence-corrected chi connectivity index (χ0v) is 14.0. The van der Waals surface area contributed by atoms with Crippen LogP contribution in [-0.2, 0) is 11.8 Å². The Morgan fingerprint density at radius 3 is 2.23 bits per heavy atom. The van der Waals surface area contributed by atoms with Gasteiger partial charge in [0.2, 0.25) is 0 Å². The third-order valence-corrected chi connectivity index (χ3v) is 3.41. The summed E-state index contributed by atoms with van der Waals surface area (Å²) >= 11 is 0. The highest BCUT2D eigenvalue weighted by Gasteiger charge is 2.19.